The van der Waals surface area contributed by atoms with Crippen LogP contribution in [0.25, 0.3) is 33.3 Å². The molecule has 0 aliphatic rings. The molecule has 0 saturated heterocycles. The molecule has 140 valence electrons. The van der Waals surface area contributed by atoms with Crippen LogP contribution in [0.5, 0.6) is 0 Å². The number of fused-ring (bicyclic) bond motifs is 1. The molecule has 0 unspecified atom stereocenters. The number of halogens is 5. The van der Waals surface area contributed by atoms with Crippen molar-refractivity contribution in [3.8, 4) is 22.3 Å². The van der Waals surface area contributed by atoms with E-state index in [1.165, 1.54) is 48.9 Å². The van der Waals surface area contributed by atoms with E-state index in [1.54, 1.807) is 0 Å². The maximum atomic E-state index is 15.2. The molecule has 0 radical (unpaired) electrons. The summed E-state index contributed by atoms with van der Waals surface area (Å²) in [7, 11) is 0. The molecular formula is C20H10F5N3. The van der Waals surface area contributed by atoms with E-state index in [1.807, 2.05) is 0 Å². The average Bonchev–Trinajstić information content (AvgIpc) is 2.67. The Morgan fingerprint density at radius 3 is 2.21 bits per heavy atom. The van der Waals surface area contributed by atoms with Gasteiger partial charge in [0.25, 0.3) is 0 Å². The second kappa shape index (κ2) is 6.63. The fourth-order valence-corrected chi connectivity index (χ4v) is 2.97. The Kier molecular flexibility index (Phi) is 4.26. The molecule has 4 aromatic rings. The largest absolute Gasteiger partial charge is 0.433 e. The van der Waals surface area contributed by atoms with Gasteiger partial charge in [0.15, 0.2) is 5.65 Å². The molecule has 0 saturated carbocycles. The molecule has 0 aliphatic carbocycles. The highest BCUT2D eigenvalue weighted by Gasteiger charge is 2.32. The van der Waals surface area contributed by atoms with Crippen LogP contribution in [0, 0.1) is 11.6 Å². The first-order chi connectivity index (χ1) is 13.4. The third-order valence-corrected chi connectivity index (χ3v) is 4.24. The van der Waals surface area contributed by atoms with Crippen LogP contribution in [0.4, 0.5) is 22.0 Å². The third kappa shape index (κ3) is 3.06. The maximum Gasteiger partial charge on any atom is 0.433 e. The number of hydrogen-bond donors (Lipinski definition) is 0. The number of rotatable bonds is 2. The molecule has 4 rings (SSSR count). The summed E-state index contributed by atoms with van der Waals surface area (Å²) in [6.07, 6.45) is -0.572. The Morgan fingerprint density at radius 1 is 0.750 bits per heavy atom. The fourth-order valence-electron chi connectivity index (χ4n) is 2.97. The smallest absolute Gasteiger partial charge is 0.265 e. The Morgan fingerprint density at radius 2 is 1.50 bits per heavy atom. The molecule has 0 spiro atoms. The quantitative estimate of drug-likeness (QED) is 0.417. The zero-order chi connectivity index (χ0) is 19.9. The van der Waals surface area contributed by atoms with Gasteiger partial charge in [0.05, 0.1) is 5.56 Å². The van der Waals surface area contributed by atoms with Gasteiger partial charge in [-0.25, -0.2) is 18.7 Å². The molecule has 0 amide bonds. The van der Waals surface area contributed by atoms with E-state index in [0.29, 0.717) is 5.56 Å². The molecule has 1 aromatic carbocycles. The number of aromatic nitrogens is 3. The molecular weight excluding hydrogens is 377 g/mol. The summed E-state index contributed by atoms with van der Waals surface area (Å²) < 4.78 is 68.2. The lowest BCUT2D eigenvalue weighted by Crippen LogP contribution is -2.08. The zero-order valence-corrected chi connectivity index (χ0v) is 14.0. The van der Waals surface area contributed by atoms with Gasteiger partial charge in [0.2, 0.25) is 0 Å². The molecule has 0 aliphatic heterocycles. The van der Waals surface area contributed by atoms with Crippen LogP contribution in [0.2, 0.25) is 0 Å². The number of pyridine rings is 3. The molecule has 0 atom stereocenters. The van der Waals surface area contributed by atoms with Crippen molar-refractivity contribution in [2.75, 3.05) is 0 Å². The minimum atomic E-state index is -4.62. The minimum Gasteiger partial charge on any atom is -0.265 e. The highest BCUT2D eigenvalue weighted by atomic mass is 19.4. The SMILES string of the molecule is Fc1ccc(-c2ccnc3nc(C(F)(F)F)ccc23)c(F)c1-c1ccncc1. The van der Waals surface area contributed by atoms with Crippen LogP contribution < -0.4 is 0 Å². The predicted molar refractivity (Wildman–Crippen MR) is 93.1 cm³/mol. The third-order valence-electron chi connectivity index (χ3n) is 4.24. The van der Waals surface area contributed by atoms with E-state index in [2.05, 4.69) is 15.0 Å². The van der Waals surface area contributed by atoms with Crippen LogP contribution in [0.1, 0.15) is 5.69 Å². The van der Waals surface area contributed by atoms with Crippen molar-refractivity contribution in [2.45, 2.75) is 6.18 Å². The van der Waals surface area contributed by atoms with Crippen molar-refractivity contribution < 1.29 is 22.0 Å². The lowest BCUT2D eigenvalue weighted by atomic mass is 9.96. The summed E-state index contributed by atoms with van der Waals surface area (Å²) in [5, 5.41) is 0.224. The van der Waals surface area contributed by atoms with Gasteiger partial charge >= 0.3 is 6.18 Å². The zero-order valence-electron chi connectivity index (χ0n) is 14.0. The second-order valence-corrected chi connectivity index (χ2v) is 5.94. The van der Waals surface area contributed by atoms with Crippen molar-refractivity contribution in [1.82, 2.24) is 15.0 Å². The van der Waals surface area contributed by atoms with Crippen molar-refractivity contribution in [3.63, 3.8) is 0 Å². The Balaban J connectivity index is 1.94. The highest BCUT2D eigenvalue weighted by molar-refractivity contribution is 5.93. The molecule has 3 aromatic heterocycles. The lowest BCUT2D eigenvalue weighted by molar-refractivity contribution is -0.141. The van der Waals surface area contributed by atoms with Gasteiger partial charge < -0.3 is 0 Å². The predicted octanol–water partition coefficient (Wildman–Crippen LogP) is 5.66. The van der Waals surface area contributed by atoms with Crippen LogP contribution >= 0.6 is 0 Å². The maximum absolute atomic E-state index is 15.2. The summed E-state index contributed by atoms with van der Waals surface area (Å²) in [5.74, 6) is -1.60. The molecule has 8 heteroatoms. The summed E-state index contributed by atoms with van der Waals surface area (Å²) in [4.78, 5) is 11.2. The van der Waals surface area contributed by atoms with Gasteiger partial charge in [0, 0.05) is 29.5 Å². The Labute approximate surface area is 155 Å². The number of nitrogens with zero attached hydrogens (tertiary/aromatic N) is 3. The Bertz CT molecular complexity index is 1170. The fraction of sp³-hybridized carbons (Fsp3) is 0.0500. The number of alkyl halides is 3. The van der Waals surface area contributed by atoms with Crippen molar-refractivity contribution in [2.24, 2.45) is 0 Å². The standard InChI is InChI=1S/C20H10F5N3/c21-15-3-1-13(18(22)17(15)11-5-8-26-9-6-11)12-7-10-27-19-14(12)2-4-16(28-19)20(23,24)25/h1-10H. The van der Waals surface area contributed by atoms with Gasteiger partial charge in [-0.2, -0.15) is 13.2 Å². The van der Waals surface area contributed by atoms with Gasteiger partial charge in [0.1, 0.15) is 17.3 Å². The number of hydrogen-bond acceptors (Lipinski definition) is 3. The monoisotopic (exact) mass is 387 g/mol. The Hall–Kier alpha value is -3.42. The molecule has 0 fully saturated rings. The molecule has 0 N–H and O–H groups in total. The molecule has 3 nitrogen and oxygen atoms in total. The van der Waals surface area contributed by atoms with Crippen LogP contribution in [0.15, 0.2) is 61.1 Å². The summed E-state index contributed by atoms with van der Waals surface area (Å²) in [6.45, 7) is 0. The first-order valence-electron chi connectivity index (χ1n) is 8.08. The second-order valence-electron chi connectivity index (χ2n) is 5.94. The average molecular weight is 387 g/mol. The van der Waals surface area contributed by atoms with Gasteiger partial charge in [-0.15, -0.1) is 0 Å². The minimum absolute atomic E-state index is 0.0298. The summed E-state index contributed by atoms with van der Waals surface area (Å²) in [5.41, 5.74) is -0.933. The summed E-state index contributed by atoms with van der Waals surface area (Å²) in [6, 6.07) is 8.71. The van der Waals surface area contributed by atoms with Crippen molar-refractivity contribution in [1.29, 1.82) is 0 Å². The van der Waals surface area contributed by atoms with Gasteiger partial charge in [-0.05, 0) is 53.6 Å². The van der Waals surface area contributed by atoms with Crippen LogP contribution in [-0.2, 0) is 6.18 Å². The van der Waals surface area contributed by atoms with E-state index in [-0.39, 0.29) is 27.7 Å². The molecule has 0 bridgehead atoms. The van der Waals surface area contributed by atoms with Crippen LogP contribution in [-0.4, -0.2) is 15.0 Å². The van der Waals surface area contributed by atoms with E-state index in [4.69, 9.17) is 0 Å². The highest BCUT2D eigenvalue weighted by Crippen LogP contribution is 2.36. The lowest BCUT2D eigenvalue weighted by Gasteiger charge is -2.12. The first-order valence-corrected chi connectivity index (χ1v) is 8.08. The van der Waals surface area contributed by atoms with E-state index in [0.717, 1.165) is 12.1 Å². The topological polar surface area (TPSA) is 38.7 Å². The van der Waals surface area contributed by atoms with Crippen molar-refractivity contribution >= 4 is 11.0 Å². The first kappa shape index (κ1) is 18.0. The molecule has 28 heavy (non-hydrogen) atoms. The van der Waals surface area contributed by atoms with E-state index < -0.39 is 23.5 Å². The number of benzene rings is 1. The van der Waals surface area contributed by atoms with Crippen LogP contribution in [0.3, 0.4) is 0 Å². The van der Waals surface area contributed by atoms with Crippen molar-refractivity contribution in [3.05, 3.63) is 78.4 Å². The summed E-state index contributed by atoms with van der Waals surface area (Å²) >= 11 is 0. The molecule has 3 heterocycles. The van der Waals surface area contributed by atoms with E-state index in [9.17, 15) is 17.6 Å². The van der Waals surface area contributed by atoms with Gasteiger partial charge in [-0.1, -0.05) is 0 Å². The normalized spacial score (nSPS) is 11.8. The van der Waals surface area contributed by atoms with Gasteiger partial charge in [-0.3, -0.25) is 4.98 Å². The van der Waals surface area contributed by atoms with E-state index >= 15 is 4.39 Å².